The quantitative estimate of drug-likeness (QED) is 0.565. The number of carbonyl (C=O) groups is 2. The van der Waals surface area contributed by atoms with E-state index in [0.717, 1.165) is 10.8 Å². The molecule has 3 aromatic rings. The number of hydrogen-bond acceptors (Lipinski definition) is 2. The van der Waals surface area contributed by atoms with Crippen molar-refractivity contribution in [2.75, 3.05) is 0 Å². The van der Waals surface area contributed by atoms with Crippen LogP contribution < -0.4 is 10.3 Å². The number of rotatable bonds is 4. The average molecular weight is 372 g/mol. The predicted octanol–water partition coefficient (Wildman–Crippen LogP) is 2.69. The fourth-order valence-electron chi connectivity index (χ4n) is 2.49. The molecular formula is C18H16BrN2O2+. The highest BCUT2D eigenvalue weighted by Crippen LogP contribution is 2.18. The predicted molar refractivity (Wildman–Crippen MR) is 93.8 cm³/mol. The molecule has 0 aliphatic carbocycles. The number of halogens is 1. The fraction of sp³-hybridized carbons (Fsp3) is 0.0556. The van der Waals surface area contributed by atoms with Gasteiger partial charge in [0, 0.05) is 11.6 Å². The Balaban J connectivity index is 0.00000192. The number of aromatic nitrogens is 1. The first kappa shape index (κ1) is 16.8. The number of ketones is 1. The molecule has 4 nitrogen and oxygen atoms in total. The largest absolute Gasteiger partial charge is 0.365 e. The van der Waals surface area contributed by atoms with Gasteiger partial charge in [0.05, 0.1) is 0 Å². The Labute approximate surface area is 144 Å². The maximum absolute atomic E-state index is 12.6. The Hall–Kier alpha value is -2.53. The summed E-state index contributed by atoms with van der Waals surface area (Å²) in [6, 6.07) is 16.8. The highest BCUT2D eigenvalue weighted by molar-refractivity contribution is 8.93. The van der Waals surface area contributed by atoms with Gasteiger partial charge in [0.25, 0.3) is 5.91 Å². The van der Waals surface area contributed by atoms with E-state index in [-0.39, 0.29) is 29.3 Å². The molecule has 23 heavy (non-hydrogen) atoms. The van der Waals surface area contributed by atoms with Gasteiger partial charge in [-0.25, -0.2) is 0 Å². The van der Waals surface area contributed by atoms with E-state index in [4.69, 9.17) is 5.73 Å². The van der Waals surface area contributed by atoms with Crippen molar-refractivity contribution in [2.24, 2.45) is 5.73 Å². The standard InChI is InChI=1S/C18H14N2O2.BrH/c19-18(22)14-7-4-10-20(11-14)12-17(21)16-9-3-6-13-5-1-2-8-15(13)16;/h1-11H,12H2,(H-,19,22);1H/p+1. The summed E-state index contributed by atoms with van der Waals surface area (Å²) in [5.41, 5.74) is 6.32. The monoisotopic (exact) mass is 371 g/mol. The fourth-order valence-corrected chi connectivity index (χ4v) is 2.49. The maximum atomic E-state index is 12.6. The molecule has 0 saturated heterocycles. The summed E-state index contributed by atoms with van der Waals surface area (Å²) < 4.78 is 1.67. The molecule has 0 bridgehead atoms. The Morgan fingerprint density at radius 3 is 2.48 bits per heavy atom. The average Bonchev–Trinajstić information content (AvgIpc) is 2.54. The molecule has 0 unspecified atom stereocenters. The Morgan fingerprint density at radius 2 is 1.70 bits per heavy atom. The van der Waals surface area contributed by atoms with Gasteiger partial charge in [-0.15, -0.1) is 17.0 Å². The van der Waals surface area contributed by atoms with Crippen LogP contribution in [0.4, 0.5) is 0 Å². The molecule has 0 radical (unpaired) electrons. The third kappa shape index (κ3) is 3.63. The van der Waals surface area contributed by atoms with Crippen molar-refractivity contribution in [1.82, 2.24) is 0 Å². The lowest BCUT2D eigenvalue weighted by Crippen LogP contribution is -2.38. The lowest BCUT2D eigenvalue weighted by atomic mass is 10.0. The first-order valence-electron chi connectivity index (χ1n) is 6.95. The van der Waals surface area contributed by atoms with Crippen LogP contribution in [-0.2, 0) is 6.54 Å². The van der Waals surface area contributed by atoms with Gasteiger partial charge >= 0.3 is 0 Å². The summed E-state index contributed by atoms with van der Waals surface area (Å²) in [6.45, 7) is 0.162. The van der Waals surface area contributed by atoms with Gasteiger partial charge in [-0.05, 0) is 16.8 Å². The van der Waals surface area contributed by atoms with E-state index in [2.05, 4.69) is 0 Å². The molecule has 1 heterocycles. The second-order valence-electron chi connectivity index (χ2n) is 5.08. The van der Waals surface area contributed by atoms with Gasteiger partial charge in [-0.2, -0.15) is 4.57 Å². The molecule has 2 aromatic carbocycles. The Bertz CT molecular complexity index is 872. The number of nitrogens with zero attached hydrogens (tertiary/aromatic N) is 1. The van der Waals surface area contributed by atoms with E-state index in [1.54, 1.807) is 29.1 Å². The molecule has 0 atom stereocenters. The van der Waals surface area contributed by atoms with Crippen LogP contribution in [0.25, 0.3) is 10.8 Å². The van der Waals surface area contributed by atoms with Crippen LogP contribution in [0.3, 0.4) is 0 Å². The molecule has 0 spiro atoms. The molecule has 116 valence electrons. The number of nitrogens with two attached hydrogens (primary N) is 1. The SMILES string of the molecule is Br.NC(=O)c1ccc[n+](CC(=O)c2cccc3ccccc23)c1. The second kappa shape index (κ2) is 7.15. The van der Waals surface area contributed by atoms with Crippen LogP contribution in [0.15, 0.2) is 67.0 Å². The summed E-state index contributed by atoms with van der Waals surface area (Å²) in [7, 11) is 0. The van der Waals surface area contributed by atoms with Crippen molar-refractivity contribution in [2.45, 2.75) is 6.54 Å². The van der Waals surface area contributed by atoms with E-state index in [0.29, 0.717) is 11.1 Å². The van der Waals surface area contributed by atoms with Crippen LogP contribution in [0.1, 0.15) is 20.7 Å². The van der Waals surface area contributed by atoms with E-state index >= 15 is 0 Å². The molecule has 2 N–H and O–H groups in total. The van der Waals surface area contributed by atoms with Crippen LogP contribution in [-0.4, -0.2) is 11.7 Å². The van der Waals surface area contributed by atoms with Crippen molar-refractivity contribution in [1.29, 1.82) is 0 Å². The molecule has 0 aliphatic heterocycles. The van der Waals surface area contributed by atoms with E-state index in [1.807, 2.05) is 42.5 Å². The summed E-state index contributed by atoms with van der Waals surface area (Å²) in [5.74, 6) is -0.518. The van der Waals surface area contributed by atoms with Crippen LogP contribution in [0, 0.1) is 0 Å². The zero-order chi connectivity index (χ0) is 15.5. The molecule has 0 saturated carbocycles. The first-order valence-corrected chi connectivity index (χ1v) is 6.95. The Kier molecular flexibility index (Phi) is 5.24. The van der Waals surface area contributed by atoms with Crippen molar-refractivity contribution in [3.05, 3.63) is 78.1 Å². The van der Waals surface area contributed by atoms with E-state index in [9.17, 15) is 9.59 Å². The molecule has 0 fully saturated rings. The smallest absolute Gasteiger partial charge is 0.254 e. The van der Waals surface area contributed by atoms with E-state index < -0.39 is 5.91 Å². The number of carbonyl (C=O) groups excluding carboxylic acids is 2. The zero-order valence-corrected chi connectivity index (χ0v) is 14.0. The first-order chi connectivity index (χ1) is 10.6. The number of Topliss-reactive ketones (excluding diaryl/α,β-unsaturated/α-hetero) is 1. The normalized spacial score (nSPS) is 10.1. The van der Waals surface area contributed by atoms with Gasteiger partial charge in [0.1, 0.15) is 5.56 Å². The topological polar surface area (TPSA) is 64.0 Å². The maximum Gasteiger partial charge on any atom is 0.254 e. The third-order valence-corrected chi connectivity index (χ3v) is 3.56. The molecule has 3 rings (SSSR count). The highest BCUT2D eigenvalue weighted by Gasteiger charge is 2.16. The lowest BCUT2D eigenvalue weighted by Gasteiger charge is -2.04. The Morgan fingerprint density at radius 1 is 0.957 bits per heavy atom. The van der Waals surface area contributed by atoms with Gasteiger partial charge < -0.3 is 5.73 Å². The van der Waals surface area contributed by atoms with Crippen LogP contribution >= 0.6 is 17.0 Å². The van der Waals surface area contributed by atoms with Crippen LogP contribution in [0.2, 0.25) is 0 Å². The molecule has 1 amide bonds. The summed E-state index contributed by atoms with van der Waals surface area (Å²) in [6.07, 6.45) is 3.33. The second-order valence-corrected chi connectivity index (χ2v) is 5.08. The minimum atomic E-state index is -0.507. The number of benzene rings is 2. The van der Waals surface area contributed by atoms with Crippen molar-refractivity contribution >= 4 is 39.4 Å². The lowest BCUT2D eigenvalue weighted by molar-refractivity contribution is -0.683. The molecular weight excluding hydrogens is 356 g/mol. The van der Waals surface area contributed by atoms with E-state index in [1.165, 1.54) is 0 Å². The minimum absolute atomic E-state index is 0. The van der Waals surface area contributed by atoms with Crippen LogP contribution in [0.5, 0.6) is 0 Å². The molecule has 5 heteroatoms. The number of hydrogen-bond donors (Lipinski definition) is 1. The summed E-state index contributed by atoms with van der Waals surface area (Å²) in [5, 5.41) is 1.96. The van der Waals surface area contributed by atoms with Gasteiger partial charge in [0.15, 0.2) is 12.4 Å². The van der Waals surface area contributed by atoms with Crippen molar-refractivity contribution < 1.29 is 14.2 Å². The summed E-state index contributed by atoms with van der Waals surface area (Å²) in [4.78, 5) is 23.8. The van der Waals surface area contributed by atoms with Gasteiger partial charge in [-0.1, -0.05) is 42.5 Å². The van der Waals surface area contributed by atoms with Gasteiger partial charge in [-0.3, -0.25) is 9.59 Å². The number of pyridine rings is 1. The summed E-state index contributed by atoms with van der Waals surface area (Å²) >= 11 is 0. The highest BCUT2D eigenvalue weighted by atomic mass is 79.9. The van der Waals surface area contributed by atoms with Crippen molar-refractivity contribution in [3.63, 3.8) is 0 Å². The number of amides is 1. The molecule has 1 aromatic heterocycles. The number of fused-ring (bicyclic) bond motifs is 1. The minimum Gasteiger partial charge on any atom is -0.365 e. The van der Waals surface area contributed by atoms with Crippen molar-refractivity contribution in [3.8, 4) is 0 Å². The molecule has 0 aliphatic rings. The zero-order valence-electron chi connectivity index (χ0n) is 12.3. The number of primary amides is 1. The van der Waals surface area contributed by atoms with Gasteiger partial charge in [0.2, 0.25) is 12.3 Å². The third-order valence-electron chi connectivity index (χ3n) is 3.56.